The second-order valence-corrected chi connectivity index (χ2v) is 5.12. The van der Waals surface area contributed by atoms with Crippen LogP contribution in [0.1, 0.15) is 24.8 Å². The molecule has 1 aromatic rings. The second kappa shape index (κ2) is 3.86. The van der Waals surface area contributed by atoms with Gasteiger partial charge in [0.15, 0.2) is 0 Å². The zero-order valence-electron chi connectivity index (χ0n) is 9.36. The van der Waals surface area contributed by atoms with Crippen LogP contribution < -0.4 is 0 Å². The fourth-order valence-corrected chi connectivity index (χ4v) is 2.93. The summed E-state index contributed by atoms with van der Waals surface area (Å²) in [5, 5.41) is 0.570. The lowest BCUT2D eigenvalue weighted by atomic mass is 9.96. The van der Waals surface area contributed by atoms with E-state index in [2.05, 4.69) is 29.1 Å². The van der Waals surface area contributed by atoms with Gasteiger partial charge in [-0.15, -0.1) is 0 Å². The van der Waals surface area contributed by atoms with Crippen molar-refractivity contribution in [3.63, 3.8) is 0 Å². The molecule has 3 heteroatoms. The molecule has 3 rings (SSSR count). The molecule has 2 nitrogen and oxygen atoms in total. The molecule has 2 bridgehead atoms. The standard InChI is InChI=1S/C13H15ClN2/c1-16-11-3-4-12(16)7-10(6-11)9-2-5-13(14)15-8-9/h2,5-6,8,11-12H,3-4,7H2,1H3/t11-,12-/m1/s1. The Labute approximate surface area is 101 Å². The molecular weight excluding hydrogens is 220 g/mol. The van der Waals surface area contributed by atoms with E-state index in [1.807, 2.05) is 12.3 Å². The van der Waals surface area contributed by atoms with Gasteiger partial charge in [0, 0.05) is 18.3 Å². The average Bonchev–Trinajstić information content (AvgIpc) is 2.54. The lowest BCUT2D eigenvalue weighted by Crippen LogP contribution is -2.34. The smallest absolute Gasteiger partial charge is 0.129 e. The van der Waals surface area contributed by atoms with Gasteiger partial charge < -0.3 is 0 Å². The minimum absolute atomic E-state index is 0.570. The van der Waals surface area contributed by atoms with Crippen molar-refractivity contribution in [1.29, 1.82) is 0 Å². The predicted octanol–water partition coefficient (Wildman–Crippen LogP) is 2.98. The molecule has 0 aromatic carbocycles. The Bertz CT molecular complexity index is 424. The molecule has 0 saturated carbocycles. The maximum Gasteiger partial charge on any atom is 0.129 e. The molecule has 1 saturated heterocycles. The third-order valence-corrected chi connectivity index (χ3v) is 4.07. The van der Waals surface area contributed by atoms with Crippen LogP contribution in [0.4, 0.5) is 0 Å². The molecule has 0 unspecified atom stereocenters. The maximum absolute atomic E-state index is 5.80. The number of halogens is 1. The highest BCUT2D eigenvalue weighted by molar-refractivity contribution is 6.29. The third-order valence-electron chi connectivity index (χ3n) is 3.84. The van der Waals surface area contributed by atoms with Crippen molar-refractivity contribution in [2.75, 3.05) is 7.05 Å². The van der Waals surface area contributed by atoms with Crippen molar-refractivity contribution in [2.45, 2.75) is 31.3 Å². The first kappa shape index (κ1) is 10.3. The Balaban J connectivity index is 1.92. The lowest BCUT2D eigenvalue weighted by molar-refractivity contribution is 0.264. The quantitative estimate of drug-likeness (QED) is 0.695. The van der Waals surface area contributed by atoms with Crippen LogP contribution >= 0.6 is 11.6 Å². The number of hydrogen-bond donors (Lipinski definition) is 0. The van der Waals surface area contributed by atoms with Gasteiger partial charge >= 0.3 is 0 Å². The van der Waals surface area contributed by atoms with Crippen LogP contribution in [-0.2, 0) is 0 Å². The second-order valence-electron chi connectivity index (χ2n) is 4.73. The molecule has 0 radical (unpaired) electrons. The van der Waals surface area contributed by atoms with Crippen molar-refractivity contribution >= 4 is 17.2 Å². The molecule has 2 aliphatic heterocycles. The molecule has 16 heavy (non-hydrogen) atoms. The van der Waals surface area contributed by atoms with E-state index in [4.69, 9.17) is 11.6 Å². The van der Waals surface area contributed by atoms with Gasteiger partial charge in [-0.05, 0) is 43.5 Å². The normalized spacial score (nSPS) is 29.2. The van der Waals surface area contributed by atoms with Gasteiger partial charge in [0.2, 0.25) is 0 Å². The molecule has 2 aliphatic rings. The number of rotatable bonds is 1. The number of hydrogen-bond acceptors (Lipinski definition) is 2. The van der Waals surface area contributed by atoms with Gasteiger partial charge in [-0.3, -0.25) is 4.90 Å². The summed E-state index contributed by atoms with van der Waals surface area (Å²) in [6.45, 7) is 0. The number of pyridine rings is 1. The monoisotopic (exact) mass is 234 g/mol. The van der Waals surface area contributed by atoms with Crippen molar-refractivity contribution in [1.82, 2.24) is 9.88 Å². The van der Waals surface area contributed by atoms with Gasteiger partial charge in [0.1, 0.15) is 5.15 Å². The van der Waals surface area contributed by atoms with Crippen LogP contribution in [0.15, 0.2) is 24.4 Å². The summed E-state index contributed by atoms with van der Waals surface area (Å²) in [5.74, 6) is 0. The number of likely N-dealkylation sites (N-methyl/N-ethyl adjacent to an activating group) is 1. The van der Waals surface area contributed by atoms with Crippen molar-refractivity contribution in [3.8, 4) is 0 Å². The van der Waals surface area contributed by atoms with Gasteiger partial charge in [0.25, 0.3) is 0 Å². The number of aromatic nitrogens is 1. The van der Waals surface area contributed by atoms with E-state index in [-0.39, 0.29) is 0 Å². The molecule has 0 amide bonds. The Morgan fingerprint density at radius 3 is 2.94 bits per heavy atom. The first-order valence-corrected chi connectivity index (χ1v) is 6.16. The lowest BCUT2D eigenvalue weighted by Gasteiger charge is -2.30. The minimum atomic E-state index is 0.570. The molecule has 0 aliphatic carbocycles. The topological polar surface area (TPSA) is 16.1 Å². The SMILES string of the molecule is CN1[C@@H]2CC[C@@H]1C=C(c1ccc(Cl)nc1)C2. The summed E-state index contributed by atoms with van der Waals surface area (Å²) in [5.41, 5.74) is 2.67. The van der Waals surface area contributed by atoms with Crippen LogP contribution in [0.2, 0.25) is 5.15 Å². The largest absolute Gasteiger partial charge is 0.297 e. The van der Waals surface area contributed by atoms with E-state index < -0.39 is 0 Å². The van der Waals surface area contributed by atoms with Gasteiger partial charge in [0.05, 0.1) is 0 Å². The van der Waals surface area contributed by atoms with Crippen molar-refractivity contribution in [2.24, 2.45) is 0 Å². The highest BCUT2D eigenvalue weighted by Crippen LogP contribution is 2.37. The fourth-order valence-electron chi connectivity index (χ4n) is 2.82. The summed E-state index contributed by atoms with van der Waals surface area (Å²) >= 11 is 5.80. The molecule has 0 N–H and O–H groups in total. The van der Waals surface area contributed by atoms with E-state index >= 15 is 0 Å². The molecule has 1 aromatic heterocycles. The highest BCUT2D eigenvalue weighted by atomic mass is 35.5. The highest BCUT2D eigenvalue weighted by Gasteiger charge is 2.33. The number of nitrogens with zero attached hydrogens (tertiary/aromatic N) is 2. The first-order chi connectivity index (χ1) is 7.74. The van der Waals surface area contributed by atoms with Crippen LogP contribution in [0.25, 0.3) is 5.57 Å². The van der Waals surface area contributed by atoms with E-state index in [1.165, 1.54) is 24.0 Å². The van der Waals surface area contributed by atoms with Crippen molar-refractivity contribution < 1.29 is 0 Å². The van der Waals surface area contributed by atoms with Crippen LogP contribution in [0, 0.1) is 0 Å². The predicted molar refractivity (Wildman–Crippen MR) is 66.4 cm³/mol. The minimum Gasteiger partial charge on any atom is -0.297 e. The maximum atomic E-state index is 5.80. The van der Waals surface area contributed by atoms with E-state index in [1.54, 1.807) is 0 Å². The fraction of sp³-hybridized carbons (Fsp3) is 0.462. The molecule has 0 spiro atoms. The summed E-state index contributed by atoms with van der Waals surface area (Å²) in [6, 6.07) is 5.30. The average molecular weight is 235 g/mol. The van der Waals surface area contributed by atoms with Gasteiger partial charge in [-0.2, -0.15) is 0 Å². The Hall–Kier alpha value is -0.860. The van der Waals surface area contributed by atoms with Crippen LogP contribution in [-0.4, -0.2) is 29.0 Å². The van der Waals surface area contributed by atoms with Gasteiger partial charge in [-0.25, -0.2) is 4.98 Å². The zero-order chi connectivity index (χ0) is 11.1. The first-order valence-electron chi connectivity index (χ1n) is 5.78. The summed E-state index contributed by atoms with van der Waals surface area (Å²) in [7, 11) is 2.23. The van der Waals surface area contributed by atoms with E-state index in [9.17, 15) is 0 Å². The Kier molecular flexibility index (Phi) is 2.49. The molecule has 2 atom stereocenters. The Morgan fingerprint density at radius 2 is 2.25 bits per heavy atom. The third kappa shape index (κ3) is 1.66. The summed E-state index contributed by atoms with van der Waals surface area (Å²) in [4.78, 5) is 6.65. The Morgan fingerprint density at radius 1 is 1.38 bits per heavy atom. The molecule has 1 fully saturated rings. The number of fused-ring (bicyclic) bond motifs is 2. The molecule has 3 heterocycles. The zero-order valence-corrected chi connectivity index (χ0v) is 10.1. The van der Waals surface area contributed by atoms with Crippen LogP contribution in [0.3, 0.4) is 0 Å². The van der Waals surface area contributed by atoms with Crippen LogP contribution in [0.5, 0.6) is 0 Å². The summed E-state index contributed by atoms with van der Waals surface area (Å²) < 4.78 is 0. The van der Waals surface area contributed by atoms with Gasteiger partial charge in [-0.1, -0.05) is 23.7 Å². The molecule has 84 valence electrons. The molecular formula is C13H15ClN2. The summed E-state index contributed by atoms with van der Waals surface area (Å²) in [6.07, 6.45) is 8.05. The van der Waals surface area contributed by atoms with E-state index in [0.717, 1.165) is 12.5 Å². The van der Waals surface area contributed by atoms with Crippen molar-refractivity contribution in [3.05, 3.63) is 35.1 Å². The van der Waals surface area contributed by atoms with E-state index in [0.29, 0.717) is 11.2 Å².